The number of anilines is 1. The zero-order valence-electron chi connectivity index (χ0n) is 8.55. The van der Waals surface area contributed by atoms with Crippen LogP contribution in [0.4, 0.5) is 5.69 Å². The molecule has 1 aromatic carbocycles. The van der Waals surface area contributed by atoms with Crippen LogP contribution in [0, 0.1) is 0 Å². The number of carbonyl (C=O) groups excluding carboxylic acids is 1. The molecular weight excluding hydrogens is 188 g/mol. The Morgan fingerprint density at radius 3 is 2.93 bits per heavy atom. The summed E-state index contributed by atoms with van der Waals surface area (Å²) < 4.78 is 0. The van der Waals surface area contributed by atoms with E-state index in [2.05, 4.69) is 11.4 Å². The van der Waals surface area contributed by atoms with Gasteiger partial charge in [-0.1, -0.05) is 12.1 Å². The van der Waals surface area contributed by atoms with Gasteiger partial charge in [-0.15, -0.1) is 0 Å². The van der Waals surface area contributed by atoms with Gasteiger partial charge in [0.2, 0.25) is 5.91 Å². The van der Waals surface area contributed by atoms with E-state index >= 15 is 0 Å². The second-order valence-electron chi connectivity index (χ2n) is 4.34. The Morgan fingerprint density at radius 1 is 1.27 bits per heavy atom. The molecule has 0 aromatic heterocycles. The quantitative estimate of drug-likeness (QED) is 0.670. The average molecular weight is 202 g/mol. The van der Waals surface area contributed by atoms with Gasteiger partial charge in [-0.05, 0) is 36.8 Å². The van der Waals surface area contributed by atoms with Crippen molar-refractivity contribution in [2.45, 2.75) is 31.7 Å². The Hall–Kier alpha value is -1.35. The highest BCUT2D eigenvalue weighted by Crippen LogP contribution is 2.37. The van der Waals surface area contributed by atoms with E-state index in [0.29, 0.717) is 0 Å². The van der Waals surface area contributed by atoms with E-state index in [-0.39, 0.29) is 5.91 Å². The number of hydrogen-bond acceptors (Lipinski definition) is 2. The lowest BCUT2D eigenvalue weighted by molar-refractivity contribution is -0.116. The van der Waals surface area contributed by atoms with Gasteiger partial charge in [0.15, 0.2) is 0 Å². The minimum Gasteiger partial charge on any atom is -0.324 e. The first-order valence-corrected chi connectivity index (χ1v) is 5.48. The van der Waals surface area contributed by atoms with Crippen LogP contribution in [0.25, 0.3) is 0 Å². The Kier molecular flexibility index (Phi) is 1.83. The van der Waals surface area contributed by atoms with E-state index in [1.54, 1.807) is 0 Å². The van der Waals surface area contributed by atoms with Crippen LogP contribution in [0.5, 0.6) is 0 Å². The Morgan fingerprint density at radius 2 is 2.07 bits per heavy atom. The van der Waals surface area contributed by atoms with Crippen LogP contribution in [0.15, 0.2) is 12.1 Å². The molecule has 0 radical (unpaired) electrons. The number of benzene rings is 1. The Bertz CT molecular complexity index is 439. The lowest BCUT2D eigenvalue weighted by atomic mass is 9.88. The lowest BCUT2D eigenvalue weighted by Crippen LogP contribution is -2.19. The lowest BCUT2D eigenvalue weighted by Gasteiger charge is -2.18. The molecule has 1 amide bonds. The fraction of sp³-hybridized carbons (Fsp3) is 0.417. The van der Waals surface area contributed by atoms with Crippen LogP contribution in [0.3, 0.4) is 0 Å². The molecule has 0 saturated carbocycles. The molecule has 1 aliphatic carbocycles. The third-order valence-electron chi connectivity index (χ3n) is 3.43. The molecule has 15 heavy (non-hydrogen) atoms. The maximum atomic E-state index is 11.5. The number of amides is 1. The van der Waals surface area contributed by atoms with Gasteiger partial charge in [-0.3, -0.25) is 4.79 Å². The first kappa shape index (κ1) is 8.92. The zero-order chi connectivity index (χ0) is 10.4. The molecule has 0 bridgehead atoms. The summed E-state index contributed by atoms with van der Waals surface area (Å²) in [5.74, 6) is -0.0658. The normalized spacial score (nSPS) is 23.3. The van der Waals surface area contributed by atoms with Gasteiger partial charge in [0, 0.05) is 11.3 Å². The maximum absolute atomic E-state index is 11.5. The summed E-state index contributed by atoms with van der Waals surface area (Å²) in [6, 6.07) is 3.67. The number of carbonyl (C=O) groups is 1. The van der Waals surface area contributed by atoms with Crippen molar-refractivity contribution in [1.29, 1.82) is 0 Å². The van der Waals surface area contributed by atoms with E-state index in [9.17, 15) is 4.79 Å². The zero-order valence-corrected chi connectivity index (χ0v) is 8.55. The predicted octanol–water partition coefficient (Wildman–Crippen LogP) is 1.52. The van der Waals surface area contributed by atoms with E-state index in [1.165, 1.54) is 24.0 Å². The smallest absolute Gasteiger partial charge is 0.245 e. The Balaban J connectivity index is 2.17. The van der Waals surface area contributed by atoms with Crippen LogP contribution in [-0.2, 0) is 17.6 Å². The largest absolute Gasteiger partial charge is 0.324 e. The summed E-state index contributed by atoms with van der Waals surface area (Å²) in [5, 5.41) is 2.91. The summed E-state index contributed by atoms with van der Waals surface area (Å²) in [6.45, 7) is 0. The molecule has 3 heteroatoms. The van der Waals surface area contributed by atoms with Crippen molar-refractivity contribution in [3.63, 3.8) is 0 Å². The van der Waals surface area contributed by atoms with Crippen molar-refractivity contribution in [3.8, 4) is 0 Å². The van der Waals surface area contributed by atoms with Crippen LogP contribution in [0.1, 0.15) is 35.6 Å². The van der Waals surface area contributed by atoms with Gasteiger partial charge < -0.3 is 11.1 Å². The molecule has 0 saturated heterocycles. The monoisotopic (exact) mass is 202 g/mol. The van der Waals surface area contributed by atoms with Crippen molar-refractivity contribution in [1.82, 2.24) is 0 Å². The van der Waals surface area contributed by atoms with Crippen molar-refractivity contribution in [3.05, 3.63) is 28.8 Å². The van der Waals surface area contributed by atoms with Crippen LogP contribution in [0.2, 0.25) is 0 Å². The first-order chi connectivity index (χ1) is 7.27. The molecule has 2 aliphatic rings. The third-order valence-corrected chi connectivity index (χ3v) is 3.43. The molecular formula is C12H14N2O. The Labute approximate surface area is 88.7 Å². The SMILES string of the molecule is NC1C(=O)Nc2c1ccc1c2CCCC1. The van der Waals surface area contributed by atoms with Gasteiger partial charge in [0.25, 0.3) is 0 Å². The summed E-state index contributed by atoms with van der Waals surface area (Å²) in [5.41, 5.74) is 10.5. The molecule has 1 aromatic rings. The maximum Gasteiger partial charge on any atom is 0.245 e. The highest BCUT2D eigenvalue weighted by atomic mass is 16.2. The summed E-state index contributed by atoms with van der Waals surface area (Å²) in [6.07, 6.45) is 4.68. The fourth-order valence-electron chi connectivity index (χ4n) is 2.60. The molecule has 1 atom stereocenters. The molecule has 1 unspecified atom stereocenters. The number of nitrogens with one attached hydrogen (secondary N) is 1. The molecule has 1 aliphatic heterocycles. The average Bonchev–Trinajstić information content (AvgIpc) is 2.56. The number of rotatable bonds is 0. The molecule has 0 spiro atoms. The topological polar surface area (TPSA) is 55.1 Å². The van der Waals surface area contributed by atoms with Crippen LogP contribution < -0.4 is 11.1 Å². The van der Waals surface area contributed by atoms with E-state index in [0.717, 1.165) is 24.1 Å². The van der Waals surface area contributed by atoms with Gasteiger partial charge >= 0.3 is 0 Å². The molecule has 0 fully saturated rings. The van der Waals surface area contributed by atoms with Crippen molar-refractivity contribution >= 4 is 11.6 Å². The van der Waals surface area contributed by atoms with E-state index in [4.69, 9.17) is 5.73 Å². The summed E-state index contributed by atoms with van der Waals surface area (Å²) in [4.78, 5) is 11.5. The van der Waals surface area contributed by atoms with Gasteiger partial charge in [-0.2, -0.15) is 0 Å². The third kappa shape index (κ3) is 1.20. The molecule has 1 heterocycles. The van der Waals surface area contributed by atoms with Crippen LogP contribution in [-0.4, -0.2) is 5.91 Å². The number of aryl methyl sites for hydroxylation is 1. The molecule has 3 nitrogen and oxygen atoms in total. The summed E-state index contributed by atoms with van der Waals surface area (Å²) in [7, 11) is 0. The molecule has 3 N–H and O–H groups in total. The van der Waals surface area contributed by atoms with Crippen LogP contribution >= 0.6 is 0 Å². The fourth-order valence-corrected chi connectivity index (χ4v) is 2.60. The number of fused-ring (bicyclic) bond motifs is 3. The van der Waals surface area contributed by atoms with E-state index < -0.39 is 6.04 Å². The highest BCUT2D eigenvalue weighted by Gasteiger charge is 2.30. The first-order valence-electron chi connectivity index (χ1n) is 5.48. The minimum atomic E-state index is -0.466. The van der Waals surface area contributed by atoms with Gasteiger partial charge in [0.05, 0.1) is 0 Å². The van der Waals surface area contributed by atoms with Gasteiger partial charge in [0.1, 0.15) is 6.04 Å². The number of hydrogen-bond donors (Lipinski definition) is 2. The van der Waals surface area contributed by atoms with Crippen molar-refractivity contribution in [2.75, 3.05) is 5.32 Å². The second-order valence-corrected chi connectivity index (χ2v) is 4.34. The van der Waals surface area contributed by atoms with Crippen molar-refractivity contribution < 1.29 is 4.79 Å². The predicted molar refractivity (Wildman–Crippen MR) is 58.6 cm³/mol. The number of nitrogens with two attached hydrogens (primary N) is 1. The van der Waals surface area contributed by atoms with Gasteiger partial charge in [-0.25, -0.2) is 0 Å². The minimum absolute atomic E-state index is 0.0658. The highest BCUT2D eigenvalue weighted by molar-refractivity contribution is 6.03. The molecule has 78 valence electrons. The molecule has 3 rings (SSSR count). The summed E-state index contributed by atoms with van der Waals surface area (Å²) >= 11 is 0. The standard InChI is InChI=1S/C12H14N2O/c13-10-9-6-5-7-3-1-2-4-8(7)11(9)14-12(10)15/h5-6,10H,1-4,13H2,(H,14,15). The second kappa shape index (κ2) is 3.07. The van der Waals surface area contributed by atoms with Crippen molar-refractivity contribution in [2.24, 2.45) is 5.73 Å². The van der Waals surface area contributed by atoms with E-state index in [1.807, 2.05) is 6.07 Å².